The van der Waals surface area contributed by atoms with Crippen LogP contribution in [0.1, 0.15) is 54.9 Å². The fourth-order valence-electron chi connectivity index (χ4n) is 3.23. The molecule has 3 heterocycles. The number of rotatable bonds is 5. The quantitative estimate of drug-likeness (QED) is 0.555. The monoisotopic (exact) mass is 390 g/mol. The Hall–Kier alpha value is -3.42. The second kappa shape index (κ2) is 7.54. The molecule has 0 spiro atoms. The number of benzene rings is 1. The van der Waals surface area contributed by atoms with Gasteiger partial charge in [-0.2, -0.15) is 4.98 Å². The van der Waals surface area contributed by atoms with Crippen LogP contribution in [-0.2, 0) is 6.42 Å². The molecule has 0 aliphatic carbocycles. The molecule has 8 heteroatoms. The Morgan fingerprint density at radius 3 is 2.62 bits per heavy atom. The smallest absolute Gasteiger partial charge is 0.258 e. The number of aromatic amines is 1. The van der Waals surface area contributed by atoms with E-state index in [-0.39, 0.29) is 5.56 Å². The molecule has 4 aromatic rings. The van der Waals surface area contributed by atoms with Gasteiger partial charge < -0.3 is 9.51 Å². The first-order valence-electron chi connectivity index (χ1n) is 9.60. The van der Waals surface area contributed by atoms with Crippen molar-refractivity contribution in [1.29, 1.82) is 0 Å². The van der Waals surface area contributed by atoms with E-state index in [1.807, 2.05) is 19.9 Å². The van der Waals surface area contributed by atoms with Gasteiger partial charge in [-0.25, -0.2) is 15.0 Å². The molecule has 4 rings (SSSR count). The number of H-pyrrole nitrogens is 1. The highest BCUT2D eigenvalue weighted by Gasteiger charge is 2.16. The first kappa shape index (κ1) is 18.9. The van der Waals surface area contributed by atoms with E-state index in [0.717, 1.165) is 29.2 Å². The molecule has 8 nitrogen and oxygen atoms in total. The van der Waals surface area contributed by atoms with Crippen LogP contribution in [0.2, 0.25) is 0 Å². The molecular formula is C21H22N6O2. The van der Waals surface area contributed by atoms with Crippen molar-refractivity contribution in [1.82, 2.24) is 30.1 Å². The van der Waals surface area contributed by atoms with Crippen LogP contribution < -0.4 is 5.56 Å². The summed E-state index contributed by atoms with van der Waals surface area (Å²) in [7, 11) is 0. The minimum atomic E-state index is -0.203. The van der Waals surface area contributed by atoms with Crippen LogP contribution in [0.15, 0.2) is 33.8 Å². The van der Waals surface area contributed by atoms with Crippen molar-refractivity contribution in [3.8, 4) is 11.4 Å². The summed E-state index contributed by atoms with van der Waals surface area (Å²) in [5, 5.41) is 4.56. The summed E-state index contributed by atoms with van der Waals surface area (Å²) >= 11 is 0. The van der Waals surface area contributed by atoms with Crippen molar-refractivity contribution in [3.63, 3.8) is 0 Å². The maximum atomic E-state index is 12.0. The standard InChI is InChI=1S/C21H22N6O2/c1-5-11(2)19-24-12(3)15(13(4)25-19)9-18-26-20(27-29-18)14-6-7-17-16(8-14)21(28)23-10-22-17/h6-8,10-11H,5,9H2,1-4H3,(H,22,23,28). The molecule has 0 bridgehead atoms. The van der Waals surface area contributed by atoms with Gasteiger partial charge in [-0.05, 0) is 38.5 Å². The van der Waals surface area contributed by atoms with Crippen LogP contribution in [0.5, 0.6) is 0 Å². The molecule has 1 atom stereocenters. The zero-order valence-electron chi connectivity index (χ0n) is 16.9. The van der Waals surface area contributed by atoms with Crippen LogP contribution in [0.3, 0.4) is 0 Å². The van der Waals surface area contributed by atoms with Gasteiger partial charge in [0.2, 0.25) is 11.7 Å². The van der Waals surface area contributed by atoms with Gasteiger partial charge >= 0.3 is 0 Å². The Kier molecular flexibility index (Phi) is 4.92. The van der Waals surface area contributed by atoms with Crippen LogP contribution in [0, 0.1) is 13.8 Å². The summed E-state index contributed by atoms with van der Waals surface area (Å²) in [5.41, 5.74) is 3.96. The average molecular weight is 390 g/mol. The third-order valence-electron chi connectivity index (χ3n) is 5.19. The highest BCUT2D eigenvalue weighted by molar-refractivity contribution is 5.82. The van der Waals surface area contributed by atoms with E-state index in [1.165, 1.54) is 6.33 Å². The van der Waals surface area contributed by atoms with Crippen LogP contribution in [-0.4, -0.2) is 30.1 Å². The van der Waals surface area contributed by atoms with Crippen molar-refractivity contribution >= 4 is 10.9 Å². The number of aryl methyl sites for hydroxylation is 2. The molecule has 148 valence electrons. The predicted octanol–water partition coefficient (Wildman–Crippen LogP) is 3.48. The van der Waals surface area contributed by atoms with E-state index < -0.39 is 0 Å². The third-order valence-corrected chi connectivity index (χ3v) is 5.19. The first-order valence-corrected chi connectivity index (χ1v) is 9.60. The third kappa shape index (κ3) is 3.65. The van der Waals surface area contributed by atoms with Crippen LogP contribution in [0.4, 0.5) is 0 Å². The molecule has 0 aliphatic rings. The molecule has 0 saturated carbocycles. The lowest BCUT2D eigenvalue weighted by atomic mass is 10.1. The molecule has 0 aliphatic heterocycles. The molecule has 0 fully saturated rings. The molecule has 0 radical (unpaired) electrons. The Morgan fingerprint density at radius 2 is 1.90 bits per heavy atom. The maximum Gasteiger partial charge on any atom is 0.258 e. The van der Waals surface area contributed by atoms with E-state index >= 15 is 0 Å². The van der Waals surface area contributed by atoms with E-state index in [9.17, 15) is 4.79 Å². The van der Waals surface area contributed by atoms with Crippen molar-refractivity contribution in [2.45, 2.75) is 46.5 Å². The van der Waals surface area contributed by atoms with Crippen LogP contribution >= 0.6 is 0 Å². The van der Waals surface area contributed by atoms with E-state index in [4.69, 9.17) is 4.52 Å². The second-order valence-corrected chi connectivity index (χ2v) is 7.19. The number of nitrogens with one attached hydrogen (secondary N) is 1. The van der Waals surface area contributed by atoms with Gasteiger partial charge in [0.05, 0.1) is 23.7 Å². The van der Waals surface area contributed by atoms with Gasteiger partial charge in [0, 0.05) is 28.4 Å². The Labute approximate surface area is 167 Å². The summed E-state index contributed by atoms with van der Waals surface area (Å²) in [6, 6.07) is 5.31. The van der Waals surface area contributed by atoms with Gasteiger partial charge in [-0.15, -0.1) is 0 Å². The SMILES string of the molecule is CCC(C)c1nc(C)c(Cc2nc(-c3ccc4nc[nH]c(=O)c4c3)no2)c(C)n1. The molecule has 3 aromatic heterocycles. The Balaban J connectivity index is 1.64. The molecule has 1 aromatic carbocycles. The van der Waals surface area contributed by atoms with Gasteiger partial charge in [-0.3, -0.25) is 4.79 Å². The van der Waals surface area contributed by atoms with Gasteiger partial charge in [0.15, 0.2) is 0 Å². The predicted molar refractivity (Wildman–Crippen MR) is 109 cm³/mol. The average Bonchev–Trinajstić information content (AvgIpc) is 3.19. The minimum absolute atomic E-state index is 0.203. The lowest BCUT2D eigenvalue weighted by Crippen LogP contribution is -2.08. The van der Waals surface area contributed by atoms with Gasteiger partial charge in [0.25, 0.3) is 5.56 Å². The first-order chi connectivity index (χ1) is 14.0. The second-order valence-electron chi connectivity index (χ2n) is 7.19. The van der Waals surface area contributed by atoms with E-state index in [2.05, 4.69) is 43.9 Å². The Morgan fingerprint density at radius 1 is 1.14 bits per heavy atom. The fraction of sp³-hybridized carbons (Fsp3) is 0.333. The summed E-state index contributed by atoms with van der Waals surface area (Å²) < 4.78 is 5.46. The summed E-state index contributed by atoms with van der Waals surface area (Å²) in [5.74, 6) is 2.10. The van der Waals surface area contributed by atoms with Gasteiger partial charge in [-0.1, -0.05) is 19.0 Å². The summed E-state index contributed by atoms with van der Waals surface area (Å²) in [6.45, 7) is 8.22. The minimum Gasteiger partial charge on any atom is -0.339 e. The number of aromatic nitrogens is 6. The molecule has 0 amide bonds. The topological polar surface area (TPSA) is 110 Å². The lowest BCUT2D eigenvalue weighted by Gasteiger charge is -2.12. The zero-order chi connectivity index (χ0) is 20.5. The molecular weight excluding hydrogens is 368 g/mol. The summed E-state index contributed by atoms with van der Waals surface area (Å²) in [4.78, 5) is 32.6. The number of fused-ring (bicyclic) bond motifs is 1. The number of nitrogens with zero attached hydrogens (tertiary/aromatic N) is 5. The Bertz CT molecular complexity index is 1220. The highest BCUT2D eigenvalue weighted by atomic mass is 16.5. The van der Waals surface area contributed by atoms with Crippen molar-refractivity contribution in [3.05, 3.63) is 63.5 Å². The normalized spacial score (nSPS) is 12.4. The van der Waals surface area contributed by atoms with Crippen molar-refractivity contribution in [2.75, 3.05) is 0 Å². The number of hydrogen-bond acceptors (Lipinski definition) is 7. The van der Waals surface area contributed by atoms with Crippen molar-refractivity contribution < 1.29 is 4.52 Å². The van der Waals surface area contributed by atoms with E-state index in [0.29, 0.717) is 40.5 Å². The van der Waals surface area contributed by atoms with Crippen molar-refractivity contribution in [2.24, 2.45) is 0 Å². The lowest BCUT2D eigenvalue weighted by molar-refractivity contribution is 0.385. The van der Waals surface area contributed by atoms with Crippen LogP contribution in [0.25, 0.3) is 22.3 Å². The maximum absolute atomic E-state index is 12.0. The van der Waals surface area contributed by atoms with Gasteiger partial charge in [0.1, 0.15) is 5.82 Å². The molecule has 0 saturated heterocycles. The fourth-order valence-corrected chi connectivity index (χ4v) is 3.23. The molecule has 1 unspecified atom stereocenters. The molecule has 1 N–H and O–H groups in total. The summed E-state index contributed by atoms with van der Waals surface area (Å²) in [6.07, 6.45) is 2.84. The van der Waals surface area contributed by atoms with E-state index in [1.54, 1.807) is 12.1 Å². The largest absolute Gasteiger partial charge is 0.339 e. The molecule has 29 heavy (non-hydrogen) atoms. The zero-order valence-corrected chi connectivity index (χ0v) is 16.9. The highest BCUT2D eigenvalue weighted by Crippen LogP contribution is 2.23. The number of hydrogen-bond donors (Lipinski definition) is 1.